The van der Waals surface area contributed by atoms with E-state index < -0.39 is 0 Å². The van der Waals surface area contributed by atoms with E-state index >= 15 is 0 Å². The van der Waals surface area contributed by atoms with Crippen LogP contribution in [0.4, 0.5) is 0 Å². The SMILES string of the molecule is CC=O.Cc1ccccc1. The molecule has 0 N–H and O–H groups in total. The summed E-state index contributed by atoms with van der Waals surface area (Å²) in [6.45, 7) is 3.53. The van der Waals surface area contributed by atoms with E-state index in [9.17, 15) is 0 Å². The van der Waals surface area contributed by atoms with Crippen LogP contribution in [0.3, 0.4) is 0 Å². The summed E-state index contributed by atoms with van der Waals surface area (Å²) in [4.78, 5) is 8.81. The van der Waals surface area contributed by atoms with Crippen LogP contribution in [-0.2, 0) is 4.79 Å². The van der Waals surface area contributed by atoms with Gasteiger partial charge in [0.15, 0.2) is 0 Å². The molecule has 54 valence electrons. The first-order valence-electron chi connectivity index (χ1n) is 3.22. The molecule has 0 aliphatic carbocycles. The van der Waals surface area contributed by atoms with Gasteiger partial charge in [-0.15, -0.1) is 0 Å². The second kappa shape index (κ2) is 6.02. The molecule has 1 rings (SSSR count). The second-order valence-corrected chi connectivity index (χ2v) is 1.89. The Balaban J connectivity index is 0.000000236. The van der Waals surface area contributed by atoms with Gasteiger partial charge >= 0.3 is 0 Å². The van der Waals surface area contributed by atoms with Gasteiger partial charge in [0.1, 0.15) is 6.29 Å². The summed E-state index contributed by atoms with van der Waals surface area (Å²) >= 11 is 0. The summed E-state index contributed by atoms with van der Waals surface area (Å²) < 4.78 is 0. The lowest BCUT2D eigenvalue weighted by Crippen LogP contribution is -1.62. The van der Waals surface area contributed by atoms with Crippen LogP contribution in [0.15, 0.2) is 30.3 Å². The van der Waals surface area contributed by atoms with Crippen molar-refractivity contribution >= 4 is 6.29 Å². The van der Waals surface area contributed by atoms with Gasteiger partial charge in [0.05, 0.1) is 0 Å². The number of rotatable bonds is 0. The van der Waals surface area contributed by atoms with Gasteiger partial charge in [0.25, 0.3) is 0 Å². The molecule has 0 fully saturated rings. The smallest absolute Gasteiger partial charge is 0.116 e. The molecule has 10 heavy (non-hydrogen) atoms. The number of carbonyl (C=O) groups is 1. The summed E-state index contributed by atoms with van der Waals surface area (Å²) in [5.74, 6) is 0. The molecule has 0 saturated heterocycles. The van der Waals surface area contributed by atoms with Crippen LogP contribution in [-0.4, -0.2) is 6.29 Å². The van der Waals surface area contributed by atoms with Crippen LogP contribution >= 0.6 is 0 Å². The molecule has 0 bridgehead atoms. The van der Waals surface area contributed by atoms with Gasteiger partial charge in [-0.05, 0) is 13.8 Å². The molecule has 0 spiro atoms. The molecule has 1 heteroatoms. The van der Waals surface area contributed by atoms with Crippen LogP contribution in [0.25, 0.3) is 0 Å². The van der Waals surface area contributed by atoms with E-state index in [4.69, 9.17) is 4.79 Å². The van der Waals surface area contributed by atoms with Gasteiger partial charge in [-0.25, -0.2) is 0 Å². The fourth-order valence-corrected chi connectivity index (χ4v) is 0.534. The quantitative estimate of drug-likeness (QED) is 0.500. The lowest BCUT2D eigenvalue weighted by molar-refractivity contribution is -0.106. The van der Waals surface area contributed by atoms with Crippen molar-refractivity contribution in [3.8, 4) is 0 Å². The first-order chi connectivity index (χ1) is 4.81. The van der Waals surface area contributed by atoms with Crippen molar-refractivity contribution in [3.05, 3.63) is 35.9 Å². The van der Waals surface area contributed by atoms with Crippen molar-refractivity contribution in [2.75, 3.05) is 0 Å². The third kappa shape index (κ3) is 5.04. The Hall–Kier alpha value is -1.11. The van der Waals surface area contributed by atoms with Crippen molar-refractivity contribution in [2.45, 2.75) is 13.8 Å². The highest BCUT2D eigenvalue weighted by Gasteiger charge is 1.72. The molecule has 0 amide bonds. The fraction of sp³-hybridized carbons (Fsp3) is 0.222. The van der Waals surface area contributed by atoms with Gasteiger partial charge in [0.2, 0.25) is 0 Å². The Bertz CT molecular complexity index is 167. The monoisotopic (exact) mass is 136 g/mol. The number of hydrogen-bond acceptors (Lipinski definition) is 1. The van der Waals surface area contributed by atoms with E-state index in [-0.39, 0.29) is 0 Å². The highest BCUT2D eigenvalue weighted by atomic mass is 16.1. The van der Waals surface area contributed by atoms with Gasteiger partial charge in [-0.2, -0.15) is 0 Å². The molecule has 0 atom stereocenters. The van der Waals surface area contributed by atoms with E-state index in [1.807, 2.05) is 18.2 Å². The Labute approximate surface area is 61.7 Å². The van der Waals surface area contributed by atoms with Crippen molar-refractivity contribution in [3.63, 3.8) is 0 Å². The van der Waals surface area contributed by atoms with Crippen LogP contribution in [0.2, 0.25) is 0 Å². The Kier molecular flexibility index (Phi) is 5.35. The number of benzene rings is 1. The molecule has 0 aromatic heterocycles. The molecular formula is C9H12O. The maximum Gasteiger partial charge on any atom is 0.116 e. The Morgan fingerprint density at radius 3 is 1.80 bits per heavy atom. The Morgan fingerprint density at radius 1 is 1.20 bits per heavy atom. The fourth-order valence-electron chi connectivity index (χ4n) is 0.534. The maximum absolute atomic E-state index is 8.81. The largest absolute Gasteiger partial charge is 0.304 e. The summed E-state index contributed by atoms with van der Waals surface area (Å²) in [6.07, 6.45) is 0.750. The first kappa shape index (κ1) is 8.89. The van der Waals surface area contributed by atoms with Crippen molar-refractivity contribution in [2.24, 2.45) is 0 Å². The lowest BCUT2D eigenvalue weighted by atomic mass is 10.2. The second-order valence-electron chi connectivity index (χ2n) is 1.89. The van der Waals surface area contributed by atoms with Crippen LogP contribution < -0.4 is 0 Å². The van der Waals surface area contributed by atoms with Crippen LogP contribution in [0.5, 0.6) is 0 Å². The molecule has 0 radical (unpaired) electrons. The van der Waals surface area contributed by atoms with Gasteiger partial charge in [-0.1, -0.05) is 35.9 Å². The summed E-state index contributed by atoms with van der Waals surface area (Å²) in [5, 5.41) is 0. The first-order valence-corrected chi connectivity index (χ1v) is 3.22. The predicted molar refractivity (Wildman–Crippen MR) is 42.9 cm³/mol. The molecule has 1 nitrogen and oxygen atoms in total. The van der Waals surface area contributed by atoms with Gasteiger partial charge in [0, 0.05) is 0 Å². The summed E-state index contributed by atoms with van der Waals surface area (Å²) in [7, 11) is 0. The standard InChI is InChI=1S/C7H8.C2H4O/c1-7-5-3-2-4-6-7;1-2-3/h2-6H,1H3;2H,1H3. The van der Waals surface area contributed by atoms with E-state index in [1.165, 1.54) is 12.5 Å². The lowest BCUT2D eigenvalue weighted by Gasteiger charge is -1.82. The highest BCUT2D eigenvalue weighted by Crippen LogP contribution is 1.92. The molecule has 0 unspecified atom stereocenters. The Morgan fingerprint density at radius 2 is 1.60 bits per heavy atom. The molecule has 1 aromatic carbocycles. The van der Waals surface area contributed by atoms with Crippen molar-refractivity contribution < 1.29 is 4.79 Å². The molecule has 0 aliphatic rings. The minimum atomic E-state index is 0.750. The third-order valence-electron chi connectivity index (χ3n) is 0.940. The average molecular weight is 136 g/mol. The van der Waals surface area contributed by atoms with E-state index in [0.717, 1.165) is 6.29 Å². The zero-order valence-electron chi connectivity index (χ0n) is 6.37. The molecular weight excluding hydrogens is 124 g/mol. The zero-order chi connectivity index (χ0) is 7.82. The van der Waals surface area contributed by atoms with Crippen molar-refractivity contribution in [1.82, 2.24) is 0 Å². The van der Waals surface area contributed by atoms with E-state index in [1.54, 1.807) is 0 Å². The zero-order valence-corrected chi connectivity index (χ0v) is 6.37. The maximum atomic E-state index is 8.81. The highest BCUT2D eigenvalue weighted by molar-refractivity contribution is 5.44. The summed E-state index contributed by atoms with van der Waals surface area (Å²) in [5.41, 5.74) is 1.32. The van der Waals surface area contributed by atoms with Crippen LogP contribution in [0.1, 0.15) is 12.5 Å². The molecule has 1 aromatic rings. The minimum Gasteiger partial charge on any atom is -0.304 e. The van der Waals surface area contributed by atoms with E-state index in [0.29, 0.717) is 0 Å². The third-order valence-corrected chi connectivity index (χ3v) is 0.940. The predicted octanol–water partition coefficient (Wildman–Crippen LogP) is 2.20. The topological polar surface area (TPSA) is 17.1 Å². The summed E-state index contributed by atoms with van der Waals surface area (Å²) in [6, 6.07) is 10.3. The molecule has 0 heterocycles. The van der Waals surface area contributed by atoms with Gasteiger partial charge < -0.3 is 4.79 Å². The average Bonchev–Trinajstić information content (AvgIpc) is 1.91. The molecule has 0 aliphatic heterocycles. The van der Waals surface area contributed by atoms with Crippen LogP contribution in [0, 0.1) is 6.92 Å². The van der Waals surface area contributed by atoms with Gasteiger partial charge in [-0.3, -0.25) is 0 Å². The normalized spacial score (nSPS) is 7.40. The van der Waals surface area contributed by atoms with Crippen molar-refractivity contribution in [1.29, 1.82) is 0 Å². The number of carbonyl (C=O) groups excluding carboxylic acids is 1. The number of aldehydes is 1. The number of hydrogen-bond donors (Lipinski definition) is 0. The molecule has 0 saturated carbocycles. The number of aryl methyl sites for hydroxylation is 1. The minimum absolute atomic E-state index is 0.750. The van der Waals surface area contributed by atoms with E-state index in [2.05, 4.69) is 19.1 Å².